The molecule has 2 aromatic rings. The molecule has 2 rings (SSSR count). The lowest BCUT2D eigenvalue weighted by Crippen LogP contribution is -2.36. The summed E-state index contributed by atoms with van der Waals surface area (Å²) in [4.78, 5) is 23.0. The molecule has 2 amide bonds. The fourth-order valence-electron chi connectivity index (χ4n) is 1.97. The quantitative estimate of drug-likeness (QED) is 0.456. The Morgan fingerprint density at radius 3 is 2.77 bits per heavy atom. The van der Waals surface area contributed by atoms with Crippen LogP contribution in [0.5, 0.6) is 0 Å². The smallest absolute Gasteiger partial charge is 0.315 e. The standard InChI is InChI=1S/C15H19N5O2/c1-2-8-17-15(22)18-10-5-9-16-13-11-6-3-4-7-12(11)14(21)20-19-13/h2-4,6-7H,1,5,8-10H2,(H,16,19)(H,20,21)(H2,17,18,22). The van der Waals surface area contributed by atoms with Crippen molar-refractivity contribution in [2.24, 2.45) is 0 Å². The van der Waals surface area contributed by atoms with E-state index < -0.39 is 0 Å². The number of carbonyl (C=O) groups excluding carboxylic acids is 1. The number of hydrogen-bond donors (Lipinski definition) is 4. The number of anilines is 1. The van der Waals surface area contributed by atoms with Crippen LogP contribution in [0.1, 0.15) is 6.42 Å². The maximum atomic E-state index is 11.7. The zero-order valence-electron chi connectivity index (χ0n) is 12.2. The van der Waals surface area contributed by atoms with Crippen LogP contribution in [0.3, 0.4) is 0 Å². The molecule has 0 radical (unpaired) electrons. The van der Waals surface area contributed by atoms with Crippen molar-refractivity contribution >= 4 is 22.6 Å². The van der Waals surface area contributed by atoms with Gasteiger partial charge in [0.1, 0.15) is 0 Å². The van der Waals surface area contributed by atoms with Gasteiger partial charge in [0.25, 0.3) is 5.56 Å². The number of amides is 2. The molecule has 0 unspecified atom stereocenters. The summed E-state index contributed by atoms with van der Waals surface area (Å²) in [6, 6.07) is 7.06. The summed E-state index contributed by atoms with van der Waals surface area (Å²) in [6.07, 6.45) is 2.35. The fraction of sp³-hybridized carbons (Fsp3) is 0.267. The number of aromatic nitrogens is 2. The third kappa shape index (κ3) is 4.08. The molecule has 1 heterocycles. The van der Waals surface area contributed by atoms with Gasteiger partial charge in [0.15, 0.2) is 5.82 Å². The third-order valence-electron chi connectivity index (χ3n) is 3.03. The van der Waals surface area contributed by atoms with E-state index in [9.17, 15) is 9.59 Å². The Bertz CT molecular complexity index is 710. The van der Waals surface area contributed by atoms with E-state index >= 15 is 0 Å². The summed E-state index contributed by atoms with van der Waals surface area (Å²) in [5.41, 5.74) is -0.207. The van der Waals surface area contributed by atoms with Gasteiger partial charge >= 0.3 is 6.03 Å². The highest BCUT2D eigenvalue weighted by Gasteiger charge is 2.04. The van der Waals surface area contributed by atoms with Crippen molar-refractivity contribution in [3.8, 4) is 0 Å². The van der Waals surface area contributed by atoms with E-state index in [1.54, 1.807) is 12.1 Å². The second kappa shape index (κ2) is 7.82. The van der Waals surface area contributed by atoms with Gasteiger partial charge in [0.05, 0.1) is 5.39 Å². The Balaban J connectivity index is 1.83. The molecule has 0 bridgehead atoms. The van der Waals surface area contributed by atoms with Gasteiger partial charge in [0.2, 0.25) is 0 Å². The monoisotopic (exact) mass is 301 g/mol. The summed E-state index contributed by atoms with van der Waals surface area (Å²) >= 11 is 0. The van der Waals surface area contributed by atoms with Gasteiger partial charge in [-0.2, -0.15) is 5.10 Å². The lowest BCUT2D eigenvalue weighted by Gasteiger charge is -2.09. The SMILES string of the molecule is C=CCNC(=O)NCCCNc1n[nH]c(=O)c2ccccc12. The second-order valence-electron chi connectivity index (χ2n) is 4.65. The molecule has 7 nitrogen and oxygen atoms in total. The summed E-state index contributed by atoms with van der Waals surface area (Å²) in [5.74, 6) is 0.631. The van der Waals surface area contributed by atoms with E-state index in [1.165, 1.54) is 0 Å². The molecule has 22 heavy (non-hydrogen) atoms. The largest absolute Gasteiger partial charge is 0.368 e. The average Bonchev–Trinajstić information content (AvgIpc) is 2.55. The van der Waals surface area contributed by atoms with Crippen molar-refractivity contribution in [1.29, 1.82) is 0 Å². The van der Waals surface area contributed by atoms with E-state index in [2.05, 4.69) is 32.7 Å². The van der Waals surface area contributed by atoms with Crippen molar-refractivity contribution in [3.63, 3.8) is 0 Å². The molecule has 116 valence electrons. The van der Waals surface area contributed by atoms with Crippen molar-refractivity contribution in [2.75, 3.05) is 25.0 Å². The number of nitrogens with one attached hydrogen (secondary N) is 4. The van der Waals surface area contributed by atoms with E-state index in [4.69, 9.17) is 0 Å². The molecule has 0 spiro atoms. The van der Waals surface area contributed by atoms with E-state index in [0.29, 0.717) is 30.8 Å². The van der Waals surface area contributed by atoms with Crippen LogP contribution in [-0.2, 0) is 0 Å². The van der Waals surface area contributed by atoms with Gasteiger partial charge in [-0.25, -0.2) is 9.89 Å². The fourth-order valence-corrected chi connectivity index (χ4v) is 1.97. The number of nitrogens with zero attached hydrogens (tertiary/aromatic N) is 1. The highest BCUT2D eigenvalue weighted by Crippen LogP contribution is 2.16. The average molecular weight is 301 g/mol. The highest BCUT2D eigenvalue weighted by atomic mass is 16.2. The Labute approximate surface area is 127 Å². The van der Waals surface area contributed by atoms with Crippen molar-refractivity contribution in [1.82, 2.24) is 20.8 Å². The van der Waals surface area contributed by atoms with Crippen LogP contribution in [0.25, 0.3) is 10.8 Å². The number of hydrogen-bond acceptors (Lipinski definition) is 4. The van der Waals surface area contributed by atoms with E-state index in [1.807, 2.05) is 18.2 Å². The second-order valence-corrected chi connectivity index (χ2v) is 4.65. The first-order valence-corrected chi connectivity index (χ1v) is 7.06. The van der Waals surface area contributed by atoms with Gasteiger partial charge in [-0.3, -0.25) is 4.79 Å². The van der Waals surface area contributed by atoms with Crippen LogP contribution in [0.15, 0.2) is 41.7 Å². The molecule has 0 saturated carbocycles. The van der Waals surface area contributed by atoms with Crippen molar-refractivity contribution < 1.29 is 4.79 Å². The number of aromatic amines is 1. The number of H-pyrrole nitrogens is 1. The van der Waals surface area contributed by atoms with Crippen LogP contribution in [0.2, 0.25) is 0 Å². The number of carbonyl (C=O) groups is 1. The first-order valence-electron chi connectivity index (χ1n) is 7.06. The number of fused-ring (bicyclic) bond motifs is 1. The zero-order valence-corrected chi connectivity index (χ0v) is 12.2. The van der Waals surface area contributed by atoms with Gasteiger partial charge in [0, 0.05) is 25.0 Å². The van der Waals surface area contributed by atoms with Crippen molar-refractivity contribution in [2.45, 2.75) is 6.42 Å². The Morgan fingerprint density at radius 1 is 1.23 bits per heavy atom. The molecule has 7 heteroatoms. The zero-order chi connectivity index (χ0) is 15.8. The Hall–Kier alpha value is -2.83. The highest BCUT2D eigenvalue weighted by molar-refractivity contribution is 5.90. The van der Waals surface area contributed by atoms with Crippen molar-refractivity contribution in [3.05, 3.63) is 47.3 Å². The molecular formula is C15H19N5O2. The molecule has 0 aliphatic heterocycles. The predicted molar refractivity (Wildman–Crippen MR) is 87.1 cm³/mol. The third-order valence-corrected chi connectivity index (χ3v) is 3.03. The first kappa shape index (κ1) is 15.6. The van der Waals surface area contributed by atoms with Crippen LogP contribution in [0.4, 0.5) is 10.6 Å². The molecule has 0 aliphatic rings. The number of rotatable bonds is 7. The van der Waals surface area contributed by atoms with Gasteiger partial charge < -0.3 is 16.0 Å². The molecule has 0 saturated heterocycles. The molecule has 0 aliphatic carbocycles. The molecular weight excluding hydrogens is 282 g/mol. The lowest BCUT2D eigenvalue weighted by molar-refractivity contribution is 0.242. The topological polar surface area (TPSA) is 98.9 Å². The van der Waals surface area contributed by atoms with Gasteiger partial charge in [-0.15, -0.1) is 6.58 Å². The first-order chi connectivity index (χ1) is 10.7. The molecule has 1 aromatic heterocycles. The minimum Gasteiger partial charge on any atom is -0.368 e. The van der Waals surface area contributed by atoms with Crippen LogP contribution in [0, 0.1) is 0 Å². The Morgan fingerprint density at radius 2 is 2.00 bits per heavy atom. The molecule has 1 aromatic carbocycles. The maximum Gasteiger partial charge on any atom is 0.315 e. The maximum absolute atomic E-state index is 11.7. The predicted octanol–water partition coefficient (Wildman–Crippen LogP) is 1.21. The minimum absolute atomic E-state index is 0.207. The lowest BCUT2D eigenvalue weighted by atomic mass is 10.2. The summed E-state index contributed by atoms with van der Waals surface area (Å²) in [5, 5.41) is 16.4. The van der Waals surface area contributed by atoms with Crippen LogP contribution < -0.4 is 21.5 Å². The van der Waals surface area contributed by atoms with E-state index in [-0.39, 0.29) is 11.6 Å². The van der Waals surface area contributed by atoms with Gasteiger partial charge in [-0.05, 0) is 12.5 Å². The van der Waals surface area contributed by atoms with Crippen LogP contribution in [-0.4, -0.2) is 35.9 Å². The number of benzene rings is 1. The molecule has 4 N–H and O–H groups in total. The van der Waals surface area contributed by atoms with Gasteiger partial charge in [-0.1, -0.05) is 24.3 Å². The number of urea groups is 1. The Kier molecular flexibility index (Phi) is 5.53. The van der Waals surface area contributed by atoms with E-state index in [0.717, 1.165) is 11.8 Å². The molecule has 0 fully saturated rings. The normalized spacial score (nSPS) is 10.2. The minimum atomic E-state index is -0.215. The summed E-state index contributed by atoms with van der Waals surface area (Å²) < 4.78 is 0. The summed E-state index contributed by atoms with van der Waals surface area (Å²) in [7, 11) is 0. The van der Waals surface area contributed by atoms with Crippen LogP contribution >= 0.6 is 0 Å². The molecule has 0 atom stereocenters. The summed E-state index contributed by atoms with van der Waals surface area (Å²) in [6.45, 7) is 5.13.